The van der Waals surface area contributed by atoms with E-state index in [9.17, 15) is 14.4 Å². The van der Waals surface area contributed by atoms with Gasteiger partial charge in [0.2, 0.25) is 11.8 Å². The molecule has 1 atom stereocenters. The summed E-state index contributed by atoms with van der Waals surface area (Å²) in [6, 6.07) is 15.6. The van der Waals surface area contributed by atoms with Gasteiger partial charge in [-0.25, -0.2) is 4.79 Å². The predicted molar refractivity (Wildman–Crippen MR) is 124 cm³/mol. The lowest BCUT2D eigenvalue weighted by Gasteiger charge is -2.38. The Balaban J connectivity index is 1.36. The Labute approximate surface area is 192 Å². The van der Waals surface area contributed by atoms with E-state index >= 15 is 0 Å². The second-order valence-corrected chi connectivity index (χ2v) is 8.28. The van der Waals surface area contributed by atoms with Crippen molar-refractivity contribution in [2.24, 2.45) is 0 Å². The Morgan fingerprint density at radius 1 is 0.969 bits per heavy atom. The zero-order chi connectivity index (χ0) is 22.5. The third-order valence-electron chi connectivity index (χ3n) is 5.81. The summed E-state index contributed by atoms with van der Waals surface area (Å²) in [5.74, 6) is -0.428. The van der Waals surface area contributed by atoms with Crippen LogP contribution in [0.1, 0.15) is 6.42 Å². The van der Waals surface area contributed by atoms with Gasteiger partial charge in [-0.1, -0.05) is 29.8 Å². The van der Waals surface area contributed by atoms with E-state index in [-0.39, 0.29) is 18.2 Å². The number of amides is 4. The number of carbonyl (C=O) groups is 3. The van der Waals surface area contributed by atoms with Gasteiger partial charge in [-0.15, -0.1) is 0 Å². The van der Waals surface area contributed by atoms with Gasteiger partial charge in [0, 0.05) is 55.7 Å². The topological polar surface area (TPSA) is 85.0 Å². The highest BCUT2D eigenvalue weighted by molar-refractivity contribution is 6.30. The number of urea groups is 1. The maximum absolute atomic E-state index is 13.0. The molecule has 2 aliphatic rings. The molecule has 2 heterocycles. The maximum atomic E-state index is 13.0. The summed E-state index contributed by atoms with van der Waals surface area (Å²) in [6.07, 6.45) is -0.0365. The molecule has 168 valence electrons. The summed E-state index contributed by atoms with van der Waals surface area (Å²) in [6.45, 7) is 3.32. The Morgan fingerprint density at radius 2 is 1.66 bits per heavy atom. The largest absolute Gasteiger partial charge is 0.368 e. The molecule has 2 aliphatic heterocycles. The molecule has 9 heteroatoms. The van der Waals surface area contributed by atoms with Crippen LogP contribution >= 0.6 is 11.6 Å². The third kappa shape index (κ3) is 5.13. The molecular formula is C23H26ClN5O3. The fourth-order valence-electron chi connectivity index (χ4n) is 4.04. The van der Waals surface area contributed by atoms with E-state index < -0.39 is 12.1 Å². The van der Waals surface area contributed by atoms with Gasteiger partial charge in [0.05, 0.1) is 6.42 Å². The quantitative estimate of drug-likeness (QED) is 0.741. The first-order chi connectivity index (χ1) is 15.5. The number of rotatable bonds is 4. The van der Waals surface area contributed by atoms with Crippen molar-refractivity contribution >= 4 is 40.8 Å². The molecule has 4 rings (SSSR count). The van der Waals surface area contributed by atoms with Crippen LogP contribution in [0.25, 0.3) is 0 Å². The standard InChI is InChI=1S/C23H26ClN5O3/c24-17-6-8-18(9-7-17)26-23(32)29-11-10-25-22(31)20(29)16-21(30)28-14-12-27(13-15-28)19-4-2-1-3-5-19/h1-9,20H,10-16H2,(H,25,31)(H,26,32)/t20-/m0/s1. The Hall–Kier alpha value is -3.26. The van der Waals surface area contributed by atoms with Crippen LogP contribution < -0.4 is 15.5 Å². The molecule has 0 saturated carbocycles. The van der Waals surface area contributed by atoms with E-state index in [2.05, 4.69) is 27.7 Å². The minimum absolute atomic E-state index is 0.0365. The lowest BCUT2D eigenvalue weighted by molar-refractivity contribution is -0.137. The fraction of sp³-hybridized carbons (Fsp3) is 0.348. The number of benzene rings is 2. The van der Waals surface area contributed by atoms with Crippen molar-refractivity contribution in [2.75, 3.05) is 49.5 Å². The third-order valence-corrected chi connectivity index (χ3v) is 6.06. The zero-order valence-corrected chi connectivity index (χ0v) is 18.4. The van der Waals surface area contributed by atoms with E-state index in [0.29, 0.717) is 36.9 Å². The van der Waals surface area contributed by atoms with Crippen LogP contribution in [0.5, 0.6) is 0 Å². The molecule has 32 heavy (non-hydrogen) atoms. The van der Waals surface area contributed by atoms with Gasteiger partial charge >= 0.3 is 6.03 Å². The van der Waals surface area contributed by atoms with Gasteiger partial charge in [-0.3, -0.25) is 9.59 Å². The van der Waals surface area contributed by atoms with Crippen molar-refractivity contribution in [3.63, 3.8) is 0 Å². The number of para-hydroxylation sites is 1. The van der Waals surface area contributed by atoms with Gasteiger partial charge in [0.1, 0.15) is 6.04 Å². The number of carbonyl (C=O) groups excluding carboxylic acids is 3. The van der Waals surface area contributed by atoms with Crippen LogP contribution in [-0.2, 0) is 9.59 Å². The number of nitrogens with one attached hydrogen (secondary N) is 2. The summed E-state index contributed by atoms with van der Waals surface area (Å²) in [5.41, 5.74) is 1.71. The zero-order valence-electron chi connectivity index (χ0n) is 17.7. The summed E-state index contributed by atoms with van der Waals surface area (Å²) >= 11 is 5.89. The Morgan fingerprint density at radius 3 is 2.34 bits per heavy atom. The average molecular weight is 456 g/mol. The summed E-state index contributed by atoms with van der Waals surface area (Å²) in [7, 11) is 0. The summed E-state index contributed by atoms with van der Waals surface area (Å²) in [5, 5.41) is 6.12. The molecule has 0 bridgehead atoms. The number of hydrogen-bond donors (Lipinski definition) is 2. The van der Waals surface area contributed by atoms with Crippen LogP contribution in [0.2, 0.25) is 5.02 Å². The lowest BCUT2D eigenvalue weighted by Crippen LogP contribution is -2.60. The SMILES string of the molecule is O=C1NCCN(C(=O)Nc2ccc(Cl)cc2)[C@H]1CC(=O)N1CCN(c2ccccc2)CC1. The number of nitrogens with zero attached hydrogens (tertiary/aromatic N) is 3. The smallest absolute Gasteiger partial charge is 0.322 e. The van der Waals surface area contributed by atoms with E-state index in [1.165, 1.54) is 4.90 Å². The van der Waals surface area contributed by atoms with E-state index in [1.807, 2.05) is 18.2 Å². The molecule has 0 unspecified atom stereocenters. The summed E-state index contributed by atoms with van der Waals surface area (Å²) < 4.78 is 0. The van der Waals surface area contributed by atoms with E-state index in [0.717, 1.165) is 18.8 Å². The molecule has 4 amide bonds. The predicted octanol–water partition coefficient (Wildman–Crippen LogP) is 2.41. The molecular weight excluding hydrogens is 430 g/mol. The molecule has 0 spiro atoms. The minimum Gasteiger partial charge on any atom is -0.368 e. The molecule has 0 aromatic heterocycles. The van der Waals surface area contributed by atoms with Crippen molar-refractivity contribution in [1.29, 1.82) is 0 Å². The first kappa shape index (κ1) is 22.0. The van der Waals surface area contributed by atoms with E-state index in [1.54, 1.807) is 29.2 Å². The van der Waals surface area contributed by atoms with Crippen LogP contribution in [0.3, 0.4) is 0 Å². The Kier molecular flexibility index (Phi) is 6.80. The van der Waals surface area contributed by atoms with Gasteiger partial charge in [-0.05, 0) is 36.4 Å². The second kappa shape index (κ2) is 9.91. The summed E-state index contributed by atoms with van der Waals surface area (Å²) in [4.78, 5) is 43.8. The van der Waals surface area contributed by atoms with Gasteiger partial charge < -0.3 is 25.3 Å². The van der Waals surface area contributed by atoms with Crippen molar-refractivity contribution < 1.29 is 14.4 Å². The molecule has 0 aliphatic carbocycles. The van der Waals surface area contributed by atoms with Crippen LogP contribution in [0.15, 0.2) is 54.6 Å². The van der Waals surface area contributed by atoms with Gasteiger partial charge in [0.25, 0.3) is 0 Å². The van der Waals surface area contributed by atoms with Crippen LogP contribution in [0, 0.1) is 0 Å². The molecule has 2 fully saturated rings. The number of piperazine rings is 2. The Bertz CT molecular complexity index is 961. The van der Waals surface area contributed by atoms with Crippen molar-refractivity contribution in [3.05, 3.63) is 59.6 Å². The van der Waals surface area contributed by atoms with Crippen molar-refractivity contribution in [2.45, 2.75) is 12.5 Å². The number of hydrogen-bond acceptors (Lipinski definition) is 4. The lowest BCUT2D eigenvalue weighted by atomic mass is 10.1. The minimum atomic E-state index is -0.837. The van der Waals surface area contributed by atoms with Gasteiger partial charge in [0.15, 0.2) is 0 Å². The van der Waals surface area contributed by atoms with Gasteiger partial charge in [-0.2, -0.15) is 0 Å². The molecule has 2 saturated heterocycles. The number of halogens is 1. The molecule has 8 nitrogen and oxygen atoms in total. The second-order valence-electron chi connectivity index (χ2n) is 7.84. The molecule has 0 radical (unpaired) electrons. The molecule has 2 aromatic rings. The van der Waals surface area contributed by atoms with Crippen molar-refractivity contribution in [1.82, 2.24) is 15.1 Å². The van der Waals surface area contributed by atoms with Crippen LogP contribution in [0.4, 0.5) is 16.2 Å². The maximum Gasteiger partial charge on any atom is 0.322 e. The van der Waals surface area contributed by atoms with Crippen LogP contribution in [-0.4, -0.2) is 73.0 Å². The highest BCUT2D eigenvalue weighted by Gasteiger charge is 2.36. The van der Waals surface area contributed by atoms with E-state index in [4.69, 9.17) is 11.6 Å². The highest BCUT2D eigenvalue weighted by Crippen LogP contribution is 2.19. The number of anilines is 2. The fourth-order valence-corrected chi connectivity index (χ4v) is 4.16. The normalized spacial score (nSPS) is 18.8. The average Bonchev–Trinajstić information content (AvgIpc) is 2.82. The molecule has 2 aromatic carbocycles. The highest BCUT2D eigenvalue weighted by atomic mass is 35.5. The first-order valence-electron chi connectivity index (χ1n) is 10.7. The molecule has 2 N–H and O–H groups in total. The first-order valence-corrected chi connectivity index (χ1v) is 11.1. The van der Waals surface area contributed by atoms with Crippen molar-refractivity contribution in [3.8, 4) is 0 Å². The monoisotopic (exact) mass is 455 g/mol.